The summed E-state index contributed by atoms with van der Waals surface area (Å²) < 4.78 is 10.7. The van der Waals surface area contributed by atoms with Crippen molar-refractivity contribution in [1.29, 1.82) is 0 Å². The topological polar surface area (TPSA) is 47.6 Å². The lowest BCUT2D eigenvalue weighted by Gasteiger charge is -2.20. The van der Waals surface area contributed by atoms with Crippen LogP contribution in [0, 0.1) is 6.92 Å². The van der Waals surface area contributed by atoms with Gasteiger partial charge in [-0.15, -0.1) is 0 Å². The lowest BCUT2D eigenvalue weighted by atomic mass is 9.97. The molecule has 1 atom stereocenters. The summed E-state index contributed by atoms with van der Waals surface area (Å²) in [5.41, 5.74) is 4.41. The molecule has 1 N–H and O–H groups in total. The second-order valence-corrected chi connectivity index (χ2v) is 7.01. The first-order valence-corrected chi connectivity index (χ1v) is 9.48. The van der Waals surface area contributed by atoms with Crippen molar-refractivity contribution in [1.82, 2.24) is 5.32 Å². The summed E-state index contributed by atoms with van der Waals surface area (Å²) >= 11 is 0. The molecule has 3 aromatic carbocycles. The third-order valence-corrected chi connectivity index (χ3v) is 4.93. The van der Waals surface area contributed by atoms with Gasteiger partial charge >= 0.3 is 0 Å². The number of carbonyl (C=O) groups is 1. The highest BCUT2D eigenvalue weighted by atomic mass is 16.7. The Hall–Kier alpha value is -3.27. The normalized spacial score (nSPS) is 13.2. The third-order valence-electron chi connectivity index (χ3n) is 4.93. The first-order chi connectivity index (χ1) is 13.7. The zero-order valence-corrected chi connectivity index (χ0v) is 15.9. The molecule has 0 spiro atoms. The van der Waals surface area contributed by atoms with Crippen molar-refractivity contribution in [2.75, 3.05) is 6.79 Å². The van der Waals surface area contributed by atoms with Crippen LogP contribution in [0.2, 0.25) is 0 Å². The van der Waals surface area contributed by atoms with Crippen LogP contribution in [0.5, 0.6) is 11.5 Å². The molecule has 4 rings (SSSR count). The second-order valence-electron chi connectivity index (χ2n) is 7.01. The van der Waals surface area contributed by atoms with Crippen molar-refractivity contribution < 1.29 is 14.3 Å². The van der Waals surface area contributed by atoms with E-state index in [-0.39, 0.29) is 18.7 Å². The van der Waals surface area contributed by atoms with Crippen molar-refractivity contribution in [3.05, 3.63) is 95.1 Å². The Labute approximate surface area is 165 Å². The molecule has 1 aliphatic rings. The van der Waals surface area contributed by atoms with Crippen molar-refractivity contribution in [2.45, 2.75) is 25.8 Å². The van der Waals surface area contributed by atoms with Crippen LogP contribution in [0.1, 0.15) is 34.7 Å². The van der Waals surface area contributed by atoms with Gasteiger partial charge in [0.05, 0.1) is 6.04 Å². The van der Waals surface area contributed by atoms with Gasteiger partial charge in [0.25, 0.3) is 0 Å². The minimum atomic E-state index is -0.161. The molecule has 0 bridgehead atoms. The van der Waals surface area contributed by atoms with Gasteiger partial charge in [-0.05, 0) is 42.2 Å². The molecular weight excluding hydrogens is 350 g/mol. The molecule has 1 aliphatic heterocycles. The Morgan fingerprint density at radius 2 is 1.64 bits per heavy atom. The van der Waals surface area contributed by atoms with Crippen molar-refractivity contribution in [3.63, 3.8) is 0 Å². The molecule has 1 amide bonds. The molecule has 0 fully saturated rings. The fourth-order valence-electron chi connectivity index (χ4n) is 3.35. The zero-order chi connectivity index (χ0) is 19.3. The van der Waals surface area contributed by atoms with E-state index in [0.717, 1.165) is 28.2 Å². The molecule has 1 unspecified atom stereocenters. The van der Waals surface area contributed by atoms with Crippen LogP contribution in [0.3, 0.4) is 0 Å². The van der Waals surface area contributed by atoms with Crippen LogP contribution in [0.15, 0.2) is 72.8 Å². The van der Waals surface area contributed by atoms with Crippen molar-refractivity contribution in [2.24, 2.45) is 0 Å². The molecule has 4 heteroatoms. The van der Waals surface area contributed by atoms with Gasteiger partial charge in [0, 0.05) is 6.42 Å². The van der Waals surface area contributed by atoms with Crippen LogP contribution in [0.4, 0.5) is 0 Å². The summed E-state index contributed by atoms with van der Waals surface area (Å²) in [6.07, 6.45) is 1.06. The van der Waals surface area contributed by atoms with Gasteiger partial charge in [-0.3, -0.25) is 4.79 Å². The Bertz CT molecular complexity index is 951. The number of amides is 1. The minimum Gasteiger partial charge on any atom is -0.454 e. The number of fused-ring (bicyclic) bond motifs is 1. The molecule has 0 saturated heterocycles. The highest BCUT2D eigenvalue weighted by Crippen LogP contribution is 2.32. The monoisotopic (exact) mass is 373 g/mol. The van der Waals surface area contributed by atoms with E-state index in [1.807, 2.05) is 48.5 Å². The van der Waals surface area contributed by atoms with E-state index in [1.54, 1.807) is 0 Å². The van der Waals surface area contributed by atoms with Gasteiger partial charge in [0.2, 0.25) is 12.7 Å². The summed E-state index contributed by atoms with van der Waals surface area (Å²) in [6.45, 7) is 2.32. The first-order valence-electron chi connectivity index (χ1n) is 9.48. The number of hydrogen-bond donors (Lipinski definition) is 1. The molecular formula is C24H23NO3. The average Bonchev–Trinajstić information content (AvgIpc) is 3.20. The summed E-state index contributed by atoms with van der Waals surface area (Å²) in [5, 5.41) is 3.20. The Morgan fingerprint density at radius 1 is 0.929 bits per heavy atom. The van der Waals surface area contributed by atoms with Crippen LogP contribution in [-0.2, 0) is 11.2 Å². The fourth-order valence-corrected chi connectivity index (χ4v) is 3.35. The number of hydrogen-bond acceptors (Lipinski definition) is 3. The van der Waals surface area contributed by atoms with E-state index >= 15 is 0 Å². The largest absolute Gasteiger partial charge is 0.454 e. The lowest BCUT2D eigenvalue weighted by Crippen LogP contribution is -2.29. The van der Waals surface area contributed by atoms with Gasteiger partial charge in [-0.25, -0.2) is 0 Å². The van der Waals surface area contributed by atoms with E-state index in [4.69, 9.17) is 9.47 Å². The number of nitrogens with one attached hydrogen (secondary N) is 1. The second kappa shape index (κ2) is 8.17. The molecule has 3 aromatic rings. The highest BCUT2D eigenvalue weighted by molar-refractivity contribution is 5.77. The van der Waals surface area contributed by atoms with Crippen LogP contribution >= 0.6 is 0 Å². The molecule has 28 heavy (non-hydrogen) atoms. The Balaban J connectivity index is 1.45. The number of carbonyl (C=O) groups excluding carboxylic acids is 1. The molecule has 1 heterocycles. The number of rotatable bonds is 6. The van der Waals surface area contributed by atoms with Crippen LogP contribution in [-0.4, -0.2) is 12.7 Å². The van der Waals surface area contributed by atoms with E-state index in [0.29, 0.717) is 12.8 Å². The van der Waals surface area contributed by atoms with Crippen molar-refractivity contribution >= 4 is 5.91 Å². The van der Waals surface area contributed by atoms with E-state index in [9.17, 15) is 4.79 Å². The van der Waals surface area contributed by atoms with E-state index in [1.165, 1.54) is 5.56 Å². The number of aryl methyl sites for hydroxylation is 2. The summed E-state index contributed by atoms with van der Waals surface area (Å²) in [6, 6.07) is 24.0. The Kier molecular flexibility index (Phi) is 5.29. The first kappa shape index (κ1) is 18.1. The zero-order valence-electron chi connectivity index (χ0n) is 15.9. The summed E-state index contributed by atoms with van der Waals surface area (Å²) in [5.74, 6) is 1.53. The molecule has 0 saturated carbocycles. The smallest absolute Gasteiger partial charge is 0.231 e. The number of benzene rings is 3. The molecule has 4 nitrogen and oxygen atoms in total. The molecule has 142 valence electrons. The summed E-state index contributed by atoms with van der Waals surface area (Å²) in [4.78, 5) is 12.7. The SMILES string of the molecule is Cc1ccc(C(NC(=O)CCc2ccc3c(c2)OCO3)c2ccccc2)cc1. The lowest BCUT2D eigenvalue weighted by molar-refractivity contribution is -0.121. The average molecular weight is 373 g/mol. The van der Waals surface area contributed by atoms with Crippen molar-refractivity contribution in [3.8, 4) is 11.5 Å². The third kappa shape index (κ3) is 4.17. The van der Waals surface area contributed by atoms with E-state index in [2.05, 4.69) is 36.5 Å². The maximum Gasteiger partial charge on any atom is 0.231 e. The van der Waals surface area contributed by atoms with Gasteiger partial charge in [-0.1, -0.05) is 66.2 Å². The van der Waals surface area contributed by atoms with Crippen LogP contribution < -0.4 is 14.8 Å². The van der Waals surface area contributed by atoms with Crippen LogP contribution in [0.25, 0.3) is 0 Å². The quantitative estimate of drug-likeness (QED) is 0.689. The molecule has 0 aliphatic carbocycles. The predicted octanol–water partition coefficient (Wildman–Crippen LogP) is 4.56. The van der Waals surface area contributed by atoms with Gasteiger partial charge < -0.3 is 14.8 Å². The minimum absolute atomic E-state index is 0.0205. The maximum absolute atomic E-state index is 12.7. The standard InChI is InChI=1S/C24H23NO3/c1-17-7-11-20(12-8-17)24(19-5-3-2-4-6-19)25-23(26)14-10-18-9-13-21-22(15-18)28-16-27-21/h2-9,11-13,15,24H,10,14,16H2,1H3,(H,25,26). The maximum atomic E-state index is 12.7. The predicted molar refractivity (Wildman–Crippen MR) is 108 cm³/mol. The van der Waals surface area contributed by atoms with Gasteiger partial charge in [-0.2, -0.15) is 0 Å². The van der Waals surface area contributed by atoms with Gasteiger partial charge in [0.1, 0.15) is 0 Å². The highest BCUT2D eigenvalue weighted by Gasteiger charge is 2.17. The summed E-state index contributed by atoms with van der Waals surface area (Å²) in [7, 11) is 0. The molecule has 0 radical (unpaired) electrons. The number of ether oxygens (including phenoxy) is 2. The Morgan fingerprint density at radius 3 is 2.43 bits per heavy atom. The fraction of sp³-hybridized carbons (Fsp3) is 0.208. The van der Waals surface area contributed by atoms with E-state index < -0.39 is 0 Å². The molecule has 0 aromatic heterocycles. The van der Waals surface area contributed by atoms with Gasteiger partial charge in [0.15, 0.2) is 11.5 Å².